The summed E-state index contributed by atoms with van der Waals surface area (Å²) in [6, 6.07) is 7.65. The van der Waals surface area contributed by atoms with E-state index in [4.69, 9.17) is 4.52 Å². The fraction of sp³-hybridized carbons (Fsp3) is 0.545. The van der Waals surface area contributed by atoms with Crippen LogP contribution in [0.5, 0.6) is 0 Å². The highest BCUT2D eigenvalue weighted by molar-refractivity contribution is 7.98. The summed E-state index contributed by atoms with van der Waals surface area (Å²) in [5.74, 6) is 1.94. The Kier molecular flexibility index (Phi) is 7.24. The van der Waals surface area contributed by atoms with E-state index in [0.29, 0.717) is 42.7 Å². The van der Waals surface area contributed by atoms with Crippen molar-refractivity contribution in [2.45, 2.75) is 36.8 Å². The van der Waals surface area contributed by atoms with Gasteiger partial charge < -0.3 is 14.3 Å². The Morgan fingerprint density at radius 2 is 1.74 bits per heavy atom. The van der Waals surface area contributed by atoms with Gasteiger partial charge >= 0.3 is 0 Å². The van der Waals surface area contributed by atoms with Crippen molar-refractivity contribution in [3.8, 4) is 0 Å². The van der Waals surface area contributed by atoms with E-state index in [1.807, 2.05) is 34.1 Å². The predicted octanol–water partition coefficient (Wildman–Crippen LogP) is 2.44. The van der Waals surface area contributed by atoms with E-state index >= 15 is 0 Å². The van der Waals surface area contributed by atoms with Gasteiger partial charge in [-0.1, -0.05) is 17.3 Å². The zero-order valence-electron chi connectivity index (χ0n) is 18.0. The number of thioether (sulfide) groups is 1. The fourth-order valence-corrected chi connectivity index (χ4v) is 4.90. The standard InChI is InChI=1S/C22H29N5O3S/c1-17-23-20(30-24-17)16-31-19-8-4-3-7-18(19)22(29)27-13-11-25(12-14-27)15-21(28)26-9-5-2-6-10-26/h3-4,7-8H,2,5-6,9-16H2,1H3. The lowest BCUT2D eigenvalue weighted by atomic mass is 10.1. The van der Waals surface area contributed by atoms with Crippen molar-refractivity contribution in [2.75, 3.05) is 45.8 Å². The average Bonchev–Trinajstić information content (AvgIpc) is 3.23. The Hall–Kier alpha value is -2.39. The third-order valence-electron chi connectivity index (χ3n) is 5.77. The first kappa shape index (κ1) is 21.8. The molecule has 3 heterocycles. The lowest BCUT2D eigenvalue weighted by Crippen LogP contribution is -2.52. The molecule has 0 aliphatic carbocycles. The van der Waals surface area contributed by atoms with Crippen LogP contribution in [0.3, 0.4) is 0 Å². The van der Waals surface area contributed by atoms with Crippen molar-refractivity contribution in [2.24, 2.45) is 0 Å². The molecule has 2 aromatic rings. The summed E-state index contributed by atoms with van der Waals surface area (Å²) < 4.78 is 5.18. The van der Waals surface area contributed by atoms with Gasteiger partial charge in [0.15, 0.2) is 5.82 Å². The van der Waals surface area contributed by atoms with Gasteiger partial charge in [0.25, 0.3) is 5.91 Å². The lowest BCUT2D eigenvalue weighted by molar-refractivity contribution is -0.133. The second kappa shape index (κ2) is 10.3. The van der Waals surface area contributed by atoms with Crippen LogP contribution in [-0.2, 0) is 10.5 Å². The number of piperazine rings is 1. The van der Waals surface area contributed by atoms with Crippen LogP contribution in [0.4, 0.5) is 0 Å². The molecule has 0 saturated carbocycles. The number of aromatic nitrogens is 2. The minimum atomic E-state index is 0.0341. The van der Waals surface area contributed by atoms with Crippen molar-refractivity contribution in [1.29, 1.82) is 0 Å². The molecular formula is C22H29N5O3S. The van der Waals surface area contributed by atoms with Crippen molar-refractivity contribution in [3.05, 3.63) is 41.5 Å². The molecule has 1 aromatic heterocycles. The van der Waals surface area contributed by atoms with Gasteiger partial charge in [-0.2, -0.15) is 4.98 Å². The van der Waals surface area contributed by atoms with E-state index in [1.54, 1.807) is 6.92 Å². The first-order valence-electron chi connectivity index (χ1n) is 10.9. The largest absolute Gasteiger partial charge is 0.342 e. The third kappa shape index (κ3) is 5.65. The van der Waals surface area contributed by atoms with E-state index in [0.717, 1.165) is 43.9 Å². The number of hydrogen-bond acceptors (Lipinski definition) is 7. The highest BCUT2D eigenvalue weighted by Crippen LogP contribution is 2.27. The summed E-state index contributed by atoms with van der Waals surface area (Å²) in [4.78, 5) is 36.9. The van der Waals surface area contributed by atoms with Crippen molar-refractivity contribution in [3.63, 3.8) is 0 Å². The summed E-state index contributed by atoms with van der Waals surface area (Å²) in [6.07, 6.45) is 3.44. The van der Waals surface area contributed by atoms with Gasteiger partial charge in [0.1, 0.15) is 0 Å². The van der Waals surface area contributed by atoms with E-state index in [9.17, 15) is 9.59 Å². The third-order valence-corrected chi connectivity index (χ3v) is 6.82. The molecule has 0 N–H and O–H groups in total. The molecule has 0 atom stereocenters. The Morgan fingerprint density at radius 3 is 2.45 bits per heavy atom. The molecular weight excluding hydrogens is 414 g/mol. The fourth-order valence-electron chi connectivity index (χ4n) is 4.02. The van der Waals surface area contributed by atoms with Crippen LogP contribution in [-0.4, -0.2) is 82.5 Å². The SMILES string of the molecule is Cc1noc(CSc2ccccc2C(=O)N2CCN(CC(=O)N3CCCCC3)CC2)n1. The van der Waals surface area contributed by atoms with Gasteiger partial charge in [-0.15, -0.1) is 11.8 Å². The van der Waals surface area contributed by atoms with Gasteiger partial charge in [-0.25, -0.2) is 0 Å². The van der Waals surface area contributed by atoms with Crippen LogP contribution in [0.2, 0.25) is 0 Å². The summed E-state index contributed by atoms with van der Waals surface area (Å²) in [7, 11) is 0. The molecule has 166 valence electrons. The molecule has 9 heteroatoms. The van der Waals surface area contributed by atoms with Gasteiger partial charge in [0, 0.05) is 44.2 Å². The van der Waals surface area contributed by atoms with Crippen LogP contribution in [0.25, 0.3) is 0 Å². The Balaban J connectivity index is 1.30. The molecule has 8 nitrogen and oxygen atoms in total. The quantitative estimate of drug-likeness (QED) is 0.634. The number of piperidine rings is 1. The van der Waals surface area contributed by atoms with E-state index in [2.05, 4.69) is 15.0 Å². The first-order chi connectivity index (χ1) is 15.1. The number of likely N-dealkylation sites (tertiary alicyclic amines) is 1. The van der Waals surface area contributed by atoms with Gasteiger partial charge in [0.05, 0.1) is 17.9 Å². The van der Waals surface area contributed by atoms with Crippen LogP contribution in [0.15, 0.2) is 33.7 Å². The monoisotopic (exact) mass is 443 g/mol. The first-order valence-corrected chi connectivity index (χ1v) is 11.9. The summed E-state index contributed by atoms with van der Waals surface area (Å²) in [5.41, 5.74) is 0.696. The summed E-state index contributed by atoms with van der Waals surface area (Å²) in [5, 5.41) is 3.81. The molecule has 0 spiro atoms. The smallest absolute Gasteiger partial charge is 0.255 e. The molecule has 2 aliphatic heterocycles. The zero-order chi connectivity index (χ0) is 21.6. The maximum Gasteiger partial charge on any atom is 0.255 e. The zero-order valence-corrected chi connectivity index (χ0v) is 18.8. The number of amides is 2. The summed E-state index contributed by atoms with van der Waals surface area (Å²) >= 11 is 1.53. The maximum absolute atomic E-state index is 13.2. The van der Waals surface area contributed by atoms with Crippen molar-refractivity contribution >= 4 is 23.6 Å². The molecule has 1 aromatic carbocycles. The van der Waals surface area contributed by atoms with E-state index < -0.39 is 0 Å². The minimum Gasteiger partial charge on any atom is -0.342 e. The van der Waals surface area contributed by atoms with E-state index in [-0.39, 0.29) is 11.8 Å². The molecule has 4 rings (SSSR count). The van der Waals surface area contributed by atoms with Crippen LogP contribution >= 0.6 is 11.8 Å². The second-order valence-electron chi connectivity index (χ2n) is 8.03. The van der Waals surface area contributed by atoms with E-state index in [1.165, 1.54) is 18.2 Å². The average molecular weight is 444 g/mol. The highest BCUT2D eigenvalue weighted by atomic mass is 32.2. The number of carbonyl (C=O) groups is 2. The number of rotatable bonds is 6. The minimum absolute atomic E-state index is 0.0341. The Bertz CT molecular complexity index is 904. The molecule has 2 fully saturated rings. The summed E-state index contributed by atoms with van der Waals surface area (Å²) in [6.45, 7) is 6.72. The predicted molar refractivity (Wildman–Crippen MR) is 118 cm³/mol. The number of carbonyl (C=O) groups excluding carboxylic acids is 2. The molecule has 31 heavy (non-hydrogen) atoms. The number of benzene rings is 1. The molecule has 0 unspecified atom stereocenters. The highest BCUT2D eigenvalue weighted by Gasteiger charge is 2.26. The lowest BCUT2D eigenvalue weighted by Gasteiger charge is -2.36. The number of hydrogen-bond donors (Lipinski definition) is 0. The van der Waals surface area contributed by atoms with Crippen molar-refractivity contribution < 1.29 is 14.1 Å². The second-order valence-corrected chi connectivity index (χ2v) is 9.05. The molecule has 0 radical (unpaired) electrons. The molecule has 0 bridgehead atoms. The molecule has 2 aliphatic rings. The molecule has 2 saturated heterocycles. The topological polar surface area (TPSA) is 82.8 Å². The van der Waals surface area contributed by atoms with Gasteiger partial charge in [-0.3, -0.25) is 14.5 Å². The van der Waals surface area contributed by atoms with Crippen LogP contribution < -0.4 is 0 Å². The van der Waals surface area contributed by atoms with Gasteiger partial charge in [0.2, 0.25) is 11.8 Å². The molecule has 2 amide bonds. The maximum atomic E-state index is 13.2. The number of nitrogens with zero attached hydrogens (tertiary/aromatic N) is 5. The van der Waals surface area contributed by atoms with Crippen LogP contribution in [0.1, 0.15) is 41.3 Å². The Labute approximate surface area is 186 Å². The normalized spacial score (nSPS) is 17.7. The van der Waals surface area contributed by atoms with Crippen molar-refractivity contribution in [1.82, 2.24) is 24.8 Å². The van der Waals surface area contributed by atoms with Gasteiger partial charge in [-0.05, 0) is 38.3 Å². The number of aryl methyl sites for hydroxylation is 1. The van der Waals surface area contributed by atoms with Crippen LogP contribution in [0, 0.1) is 6.92 Å². The Morgan fingerprint density at radius 1 is 1.00 bits per heavy atom.